The molecule has 3 rings (SSSR count). The van der Waals surface area contributed by atoms with E-state index in [0.29, 0.717) is 6.54 Å². The summed E-state index contributed by atoms with van der Waals surface area (Å²) < 4.78 is 13.0. The molecule has 1 aliphatic carbocycles. The molecule has 0 saturated carbocycles. The highest BCUT2D eigenvalue weighted by Gasteiger charge is 2.10. The molecular weight excluding hydrogens is 227 g/mol. The zero-order chi connectivity index (χ0) is 12.4. The molecule has 0 bridgehead atoms. The third-order valence-corrected chi connectivity index (χ3v) is 3.36. The lowest BCUT2D eigenvalue weighted by Crippen LogP contribution is -2.01. The molecule has 0 amide bonds. The van der Waals surface area contributed by atoms with Crippen LogP contribution in [0.4, 0.5) is 10.1 Å². The maximum Gasteiger partial charge on any atom is 0.141 e. The third kappa shape index (κ3) is 2.35. The molecule has 0 atom stereocenters. The first-order valence-corrected chi connectivity index (χ1v) is 6.26. The molecule has 0 aliphatic heterocycles. The van der Waals surface area contributed by atoms with Gasteiger partial charge in [-0.05, 0) is 54.2 Å². The normalized spacial score (nSPS) is 13.4. The summed E-state index contributed by atoms with van der Waals surface area (Å²) in [5, 5.41) is 3.31. The van der Waals surface area contributed by atoms with Crippen molar-refractivity contribution in [3.05, 3.63) is 59.2 Å². The van der Waals surface area contributed by atoms with Crippen LogP contribution in [0.3, 0.4) is 0 Å². The van der Waals surface area contributed by atoms with Gasteiger partial charge in [0.15, 0.2) is 0 Å². The molecule has 1 N–H and O–H groups in total. The molecule has 0 fully saturated rings. The van der Waals surface area contributed by atoms with Crippen LogP contribution in [0.25, 0.3) is 0 Å². The van der Waals surface area contributed by atoms with Gasteiger partial charge in [0.05, 0.1) is 6.20 Å². The fourth-order valence-electron chi connectivity index (χ4n) is 2.44. The van der Waals surface area contributed by atoms with Gasteiger partial charge in [-0.15, -0.1) is 0 Å². The number of pyridine rings is 1. The molecule has 1 aliphatic rings. The Morgan fingerprint density at radius 1 is 1.11 bits per heavy atom. The molecule has 2 nitrogen and oxygen atoms in total. The molecule has 3 heteroatoms. The second kappa shape index (κ2) is 4.77. The fraction of sp³-hybridized carbons (Fsp3) is 0.267. The van der Waals surface area contributed by atoms with E-state index in [9.17, 15) is 4.39 Å². The van der Waals surface area contributed by atoms with Crippen molar-refractivity contribution in [2.75, 3.05) is 5.32 Å². The van der Waals surface area contributed by atoms with E-state index >= 15 is 0 Å². The Bertz CT molecular complexity index is 566. The van der Waals surface area contributed by atoms with E-state index in [-0.39, 0.29) is 5.82 Å². The number of hydrogen-bond acceptors (Lipinski definition) is 2. The Labute approximate surface area is 106 Å². The fourth-order valence-corrected chi connectivity index (χ4v) is 2.44. The zero-order valence-corrected chi connectivity index (χ0v) is 10.1. The average Bonchev–Trinajstić information content (AvgIpc) is 2.84. The highest BCUT2D eigenvalue weighted by atomic mass is 19.1. The number of aromatic nitrogens is 1. The lowest BCUT2D eigenvalue weighted by Gasteiger charge is -2.08. The maximum absolute atomic E-state index is 13.0. The highest BCUT2D eigenvalue weighted by molar-refractivity contribution is 5.50. The van der Waals surface area contributed by atoms with Crippen molar-refractivity contribution >= 4 is 5.69 Å². The zero-order valence-electron chi connectivity index (χ0n) is 10.1. The Hall–Kier alpha value is -1.90. The molecule has 2 aromatic rings. The summed E-state index contributed by atoms with van der Waals surface area (Å²) in [7, 11) is 0. The first-order valence-electron chi connectivity index (χ1n) is 6.26. The second-order valence-corrected chi connectivity index (χ2v) is 4.70. The van der Waals surface area contributed by atoms with Gasteiger partial charge in [-0.25, -0.2) is 4.39 Å². The van der Waals surface area contributed by atoms with Crippen molar-refractivity contribution in [3.8, 4) is 0 Å². The molecule has 1 aromatic heterocycles. The van der Waals surface area contributed by atoms with Crippen LogP contribution in [0.1, 0.15) is 23.1 Å². The van der Waals surface area contributed by atoms with E-state index in [1.165, 1.54) is 42.7 Å². The van der Waals surface area contributed by atoms with Crippen LogP contribution in [0.5, 0.6) is 0 Å². The molecule has 1 aromatic carbocycles. The van der Waals surface area contributed by atoms with Crippen LogP contribution >= 0.6 is 0 Å². The highest BCUT2D eigenvalue weighted by Crippen LogP contribution is 2.25. The Morgan fingerprint density at radius 2 is 2.00 bits per heavy atom. The van der Waals surface area contributed by atoms with Crippen LogP contribution in [-0.4, -0.2) is 4.98 Å². The maximum atomic E-state index is 13.0. The van der Waals surface area contributed by atoms with Crippen LogP contribution in [-0.2, 0) is 19.4 Å². The van der Waals surface area contributed by atoms with Crippen LogP contribution in [0, 0.1) is 5.82 Å². The number of benzene rings is 1. The molecule has 1 heterocycles. The lowest BCUT2D eigenvalue weighted by atomic mass is 10.1. The number of fused-ring (bicyclic) bond motifs is 1. The largest absolute Gasteiger partial charge is 0.381 e. The van der Waals surface area contributed by atoms with Gasteiger partial charge in [0, 0.05) is 18.4 Å². The minimum Gasteiger partial charge on any atom is -0.381 e. The van der Waals surface area contributed by atoms with Gasteiger partial charge in [0.1, 0.15) is 5.82 Å². The van der Waals surface area contributed by atoms with Gasteiger partial charge in [-0.3, -0.25) is 4.98 Å². The van der Waals surface area contributed by atoms with Crippen LogP contribution in [0.15, 0.2) is 36.7 Å². The average molecular weight is 242 g/mol. The molecule has 0 saturated heterocycles. The summed E-state index contributed by atoms with van der Waals surface area (Å²) in [5.41, 5.74) is 4.86. The van der Waals surface area contributed by atoms with Gasteiger partial charge in [0.25, 0.3) is 0 Å². The number of nitrogens with zero attached hydrogens (tertiary/aromatic N) is 1. The smallest absolute Gasteiger partial charge is 0.141 e. The van der Waals surface area contributed by atoms with Crippen molar-refractivity contribution in [3.63, 3.8) is 0 Å². The van der Waals surface area contributed by atoms with Crippen molar-refractivity contribution in [2.45, 2.75) is 25.8 Å². The number of halogens is 1. The van der Waals surface area contributed by atoms with Gasteiger partial charge in [-0.1, -0.05) is 6.07 Å². The lowest BCUT2D eigenvalue weighted by molar-refractivity contribution is 0.619. The minimum absolute atomic E-state index is 0.289. The summed E-state index contributed by atoms with van der Waals surface area (Å²) in [4.78, 5) is 3.84. The molecule has 0 spiro atoms. The summed E-state index contributed by atoms with van der Waals surface area (Å²) in [5.74, 6) is -0.289. The van der Waals surface area contributed by atoms with Gasteiger partial charge >= 0.3 is 0 Å². The van der Waals surface area contributed by atoms with E-state index in [4.69, 9.17) is 0 Å². The van der Waals surface area contributed by atoms with Crippen molar-refractivity contribution in [1.82, 2.24) is 4.98 Å². The van der Waals surface area contributed by atoms with Crippen molar-refractivity contribution < 1.29 is 4.39 Å². The number of rotatable bonds is 3. The van der Waals surface area contributed by atoms with Gasteiger partial charge in [0.2, 0.25) is 0 Å². The molecule has 92 valence electrons. The van der Waals surface area contributed by atoms with Gasteiger partial charge < -0.3 is 5.32 Å². The predicted molar refractivity (Wildman–Crippen MR) is 70.0 cm³/mol. The Kier molecular flexibility index (Phi) is 2.97. The van der Waals surface area contributed by atoms with E-state index in [1.807, 2.05) is 0 Å². The Balaban J connectivity index is 1.70. The quantitative estimate of drug-likeness (QED) is 0.893. The summed E-state index contributed by atoms with van der Waals surface area (Å²) in [6.07, 6.45) is 6.53. The first-order chi connectivity index (χ1) is 8.81. The molecule has 18 heavy (non-hydrogen) atoms. The minimum atomic E-state index is -0.289. The van der Waals surface area contributed by atoms with E-state index < -0.39 is 0 Å². The van der Waals surface area contributed by atoms with Gasteiger partial charge in [-0.2, -0.15) is 0 Å². The monoisotopic (exact) mass is 242 g/mol. The molecule has 0 radical (unpaired) electrons. The standard InChI is InChI=1S/C15H15FN2/c16-14-6-11(8-17-10-14)9-18-15-5-4-12-2-1-3-13(12)7-15/h4-8,10,18H,1-3,9H2. The number of aryl methyl sites for hydroxylation is 2. The van der Waals surface area contributed by atoms with Crippen LogP contribution in [0.2, 0.25) is 0 Å². The Morgan fingerprint density at radius 3 is 2.89 bits per heavy atom. The van der Waals surface area contributed by atoms with Crippen molar-refractivity contribution in [1.29, 1.82) is 0 Å². The number of hydrogen-bond donors (Lipinski definition) is 1. The van der Waals surface area contributed by atoms with Crippen molar-refractivity contribution in [2.24, 2.45) is 0 Å². The summed E-state index contributed by atoms with van der Waals surface area (Å²) in [6.45, 7) is 0.601. The van der Waals surface area contributed by atoms with E-state index in [1.54, 1.807) is 6.20 Å². The third-order valence-electron chi connectivity index (χ3n) is 3.36. The van der Waals surface area contributed by atoms with Crippen LogP contribution < -0.4 is 5.32 Å². The molecular formula is C15H15FN2. The predicted octanol–water partition coefficient (Wildman–Crippen LogP) is 3.32. The topological polar surface area (TPSA) is 24.9 Å². The molecule has 0 unspecified atom stereocenters. The number of anilines is 1. The number of nitrogens with one attached hydrogen (secondary N) is 1. The van der Waals surface area contributed by atoms with E-state index in [2.05, 4.69) is 28.5 Å². The first kappa shape index (κ1) is 11.2. The van der Waals surface area contributed by atoms with E-state index in [0.717, 1.165) is 11.3 Å². The SMILES string of the molecule is Fc1cncc(CNc2ccc3c(c2)CCC3)c1. The summed E-state index contributed by atoms with van der Waals surface area (Å²) >= 11 is 0. The second-order valence-electron chi connectivity index (χ2n) is 4.70. The summed E-state index contributed by atoms with van der Waals surface area (Å²) in [6, 6.07) is 7.99.